The second-order valence-electron chi connectivity index (χ2n) is 8.29. The van der Waals surface area contributed by atoms with Gasteiger partial charge in [0.05, 0.1) is 13.2 Å². The average molecular weight is 409 g/mol. The molecule has 7 heteroatoms. The zero-order valence-corrected chi connectivity index (χ0v) is 17.1. The van der Waals surface area contributed by atoms with Crippen LogP contribution in [0.1, 0.15) is 23.2 Å². The van der Waals surface area contributed by atoms with E-state index in [2.05, 4.69) is 20.1 Å². The third-order valence-corrected chi connectivity index (χ3v) is 6.38. The van der Waals surface area contributed by atoms with Gasteiger partial charge in [-0.1, -0.05) is 0 Å². The molecule has 2 bridgehead atoms. The number of amides is 1. The molecule has 4 fully saturated rings. The highest BCUT2D eigenvalue weighted by Gasteiger charge is 2.34. The Balaban J connectivity index is 1.20. The van der Waals surface area contributed by atoms with Crippen molar-refractivity contribution in [3.05, 3.63) is 48.2 Å². The van der Waals surface area contributed by atoms with E-state index in [1.807, 2.05) is 36.4 Å². The van der Waals surface area contributed by atoms with Crippen molar-refractivity contribution in [2.75, 3.05) is 50.8 Å². The van der Waals surface area contributed by atoms with Gasteiger partial charge in [-0.3, -0.25) is 4.79 Å². The highest BCUT2D eigenvalue weighted by molar-refractivity contribution is 5.94. The highest BCUT2D eigenvalue weighted by atomic mass is 16.5. The number of ether oxygens (including phenoxy) is 2. The molecule has 4 saturated heterocycles. The monoisotopic (exact) mass is 408 g/mol. The van der Waals surface area contributed by atoms with Crippen LogP contribution in [0.5, 0.6) is 11.5 Å². The standard InChI is InChI=1S/C23H28N4O3/c28-23(25-21-16-26-9-6-17(21)7-10-26)18-1-3-19(4-2-18)30-20-5-8-24-22(15-20)27-11-13-29-14-12-27/h1-5,8,15,17,21H,6-7,9-14,16H2,(H,25,28)/t21-/m0/s1. The van der Waals surface area contributed by atoms with Crippen molar-refractivity contribution < 1.29 is 14.3 Å². The first kappa shape index (κ1) is 19.3. The van der Waals surface area contributed by atoms with Crippen LogP contribution in [0.4, 0.5) is 5.82 Å². The van der Waals surface area contributed by atoms with E-state index in [0.29, 0.717) is 17.2 Å². The quantitative estimate of drug-likeness (QED) is 0.820. The Morgan fingerprint density at radius 1 is 1.03 bits per heavy atom. The lowest BCUT2D eigenvalue weighted by atomic mass is 9.84. The lowest BCUT2D eigenvalue weighted by Crippen LogP contribution is -2.57. The molecule has 0 unspecified atom stereocenters. The normalized spacial score (nSPS) is 25.7. The highest BCUT2D eigenvalue weighted by Crippen LogP contribution is 2.28. The van der Waals surface area contributed by atoms with Crippen LogP contribution < -0.4 is 15.0 Å². The van der Waals surface area contributed by atoms with E-state index in [9.17, 15) is 4.79 Å². The number of morpholine rings is 1. The molecule has 4 aliphatic rings. The topological polar surface area (TPSA) is 66.9 Å². The fourth-order valence-corrected chi connectivity index (χ4v) is 4.62. The minimum atomic E-state index is -0.00110. The first-order chi connectivity index (χ1) is 14.7. The molecule has 2 aromatic rings. The van der Waals surface area contributed by atoms with E-state index < -0.39 is 0 Å². The molecule has 0 aliphatic carbocycles. The number of carbonyl (C=O) groups is 1. The van der Waals surface area contributed by atoms with Crippen LogP contribution in [0.3, 0.4) is 0 Å². The molecule has 6 rings (SSSR count). The molecule has 1 atom stereocenters. The molecule has 1 aromatic carbocycles. The van der Waals surface area contributed by atoms with Crippen molar-refractivity contribution >= 4 is 11.7 Å². The van der Waals surface area contributed by atoms with E-state index in [0.717, 1.165) is 44.4 Å². The molecule has 30 heavy (non-hydrogen) atoms. The molecule has 1 N–H and O–H groups in total. The second kappa shape index (κ2) is 8.62. The van der Waals surface area contributed by atoms with E-state index in [4.69, 9.17) is 9.47 Å². The van der Waals surface area contributed by atoms with Gasteiger partial charge in [-0.2, -0.15) is 0 Å². The summed E-state index contributed by atoms with van der Waals surface area (Å²) in [5.74, 6) is 2.95. The van der Waals surface area contributed by atoms with E-state index in [1.54, 1.807) is 6.20 Å². The second-order valence-corrected chi connectivity index (χ2v) is 8.29. The van der Waals surface area contributed by atoms with Gasteiger partial charge in [0.25, 0.3) is 5.91 Å². The number of carbonyl (C=O) groups excluding carboxylic acids is 1. The number of rotatable bonds is 5. The van der Waals surface area contributed by atoms with Gasteiger partial charge >= 0.3 is 0 Å². The predicted octanol–water partition coefficient (Wildman–Crippen LogP) is 2.53. The number of anilines is 1. The van der Waals surface area contributed by atoms with Crippen LogP contribution in [0.2, 0.25) is 0 Å². The van der Waals surface area contributed by atoms with Crippen molar-refractivity contribution in [1.29, 1.82) is 0 Å². The Kier molecular flexibility index (Phi) is 5.55. The van der Waals surface area contributed by atoms with Crippen molar-refractivity contribution in [2.24, 2.45) is 5.92 Å². The first-order valence-electron chi connectivity index (χ1n) is 10.8. The number of hydrogen-bond acceptors (Lipinski definition) is 6. The zero-order valence-electron chi connectivity index (χ0n) is 17.1. The summed E-state index contributed by atoms with van der Waals surface area (Å²) < 4.78 is 11.4. The van der Waals surface area contributed by atoms with Gasteiger partial charge in [0.15, 0.2) is 0 Å². The molecule has 4 aliphatic heterocycles. The summed E-state index contributed by atoms with van der Waals surface area (Å²) in [6.07, 6.45) is 4.14. The molecule has 158 valence electrons. The summed E-state index contributed by atoms with van der Waals surface area (Å²) in [7, 11) is 0. The van der Waals surface area contributed by atoms with Crippen LogP contribution >= 0.6 is 0 Å². The van der Waals surface area contributed by atoms with Gasteiger partial charge < -0.3 is 24.6 Å². The van der Waals surface area contributed by atoms with Crippen LogP contribution in [0.25, 0.3) is 0 Å². The van der Waals surface area contributed by atoms with Crippen molar-refractivity contribution in [3.63, 3.8) is 0 Å². The predicted molar refractivity (Wildman–Crippen MR) is 114 cm³/mol. The van der Waals surface area contributed by atoms with Gasteiger partial charge in [-0.25, -0.2) is 4.98 Å². The molecule has 1 aromatic heterocycles. The summed E-state index contributed by atoms with van der Waals surface area (Å²) in [5.41, 5.74) is 0.669. The van der Waals surface area contributed by atoms with Crippen LogP contribution in [0.15, 0.2) is 42.6 Å². The van der Waals surface area contributed by atoms with E-state index >= 15 is 0 Å². The molecule has 0 radical (unpaired) electrons. The Morgan fingerprint density at radius 3 is 2.50 bits per heavy atom. The number of hydrogen-bond donors (Lipinski definition) is 1. The number of nitrogens with one attached hydrogen (secondary N) is 1. The first-order valence-corrected chi connectivity index (χ1v) is 10.8. The van der Waals surface area contributed by atoms with Crippen molar-refractivity contribution in [2.45, 2.75) is 18.9 Å². The third kappa shape index (κ3) is 4.27. The number of pyridine rings is 1. The van der Waals surface area contributed by atoms with Gasteiger partial charge in [0.1, 0.15) is 17.3 Å². The summed E-state index contributed by atoms with van der Waals surface area (Å²) in [4.78, 5) is 21.8. The van der Waals surface area contributed by atoms with Crippen LogP contribution in [-0.2, 0) is 4.74 Å². The number of piperidine rings is 3. The Morgan fingerprint density at radius 2 is 1.80 bits per heavy atom. The molecule has 0 saturated carbocycles. The Hall–Kier alpha value is -2.64. The number of aromatic nitrogens is 1. The smallest absolute Gasteiger partial charge is 0.251 e. The summed E-state index contributed by atoms with van der Waals surface area (Å²) in [6.45, 7) is 6.42. The molecule has 1 amide bonds. The summed E-state index contributed by atoms with van der Waals surface area (Å²) >= 11 is 0. The third-order valence-electron chi connectivity index (χ3n) is 6.38. The fraction of sp³-hybridized carbons (Fsp3) is 0.478. The zero-order chi connectivity index (χ0) is 20.3. The molecule has 0 spiro atoms. The van der Waals surface area contributed by atoms with Crippen LogP contribution in [-0.4, -0.2) is 67.8 Å². The van der Waals surface area contributed by atoms with Gasteiger partial charge in [-0.15, -0.1) is 0 Å². The lowest BCUT2D eigenvalue weighted by molar-refractivity contribution is 0.0620. The maximum Gasteiger partial charge on any atom is 0.251 e. The van der Waals surface area contributed by atoms with Gasteiger partial charge in [-0.05, 0) is 62.2 Å². The van der Waals surface area contributed by atoms with Gasteiger partial charge in [0, 0.05) is 43.5 Å². The van der Waals surface area contributed by atoms with Gasteiger partial charge in [0.2, 0.25) is 0 Å². The maximum atomic E-state index is 12.7. The minimum absolute atomic E-state index is 0.00110. The number of nitrogens with zero attached hydrogens (tertiary/aromatic N) is 3. The van der Waals surface area contributed by atoms with E-state index in [-0.39, 0.29) is 11.9 Å². The number of benzene rings is 1. The summed E-state index contributed by atoms with van der Waals surface area (Å²) in [5, 5.41) is 3.23. The van der Waals surface area contributed by atoms with Crippen molar-refractivity contribution in [1.82, 2.24) is 15.2 Å². The number of fused-ring (bicyclic) bond motifs is 3. The summed E-state index contributed by atoms with van der Waals surface area (Å²) in [6, 6.07) is 11.4. The Bertz CT molecular complexity index is 874. The molecular formula is C23H28N4O3. The molecule has 5 heterocycles. The minimum Gasteiger partial charge on any atom is -0.457 e. The largest absolute Gasteiger partial charge is 0.457 e. The lowest BCUT2D eigenvalue weighted by Gasteiger charge is -2.44. The fourth-order valence-electron chi connectivity index (χ4n) is 4.62. The van der Waals surface area contributed by atoms with Crippen molar-refractivity contribution in [3.8, 4) is 11.5 Å². The SMILES string of the molecule is O=C(N[C@H]1CN2CCC1CC2)c1ccc(Oc2ccnc(N3CCOCC3)c2)cc1. The van der Waals surface area contributed by atoms with Crippen LogP contribution in [0, 0.1) is 5.92 Å². The molecule has 7 nitrogen and oxygen atoms in total. The average Bonchev–Trinajstić information content (AvgIpc) is 2.81. The van der Waals surface area contributed by atoms with E-state index in [1.165, 1.54) is 25.9 Å². The maximum absolute atomic E-state index is 12.7. The Labute approximate surface area is 177 Å². The molecular weight excluding hydrogens is 380 g/mol.